The number of carbonyl (C=O) groups excluding carboxylic acids is 3. The fraction of sp³-hybridized carbons (Fsp3) is 0.0714. The highest BCUT2D eigenvalue weighted by Gasteiger charge is 2.15. The van der Waals surface area contributed by atoms with Gasteiger partial charge in [0.1, 0.15) is 17.2 Å². The van der Waals surface area contributed by atoms with E-state index in [-0.39, 0.29) is 22.6 Å². The average molecular weight is 499 g/mol. The van der Waals surface area contributed by atoms with Crippen LogP contribution in [-0.2, 0) is 0 Å². The molecule has 4 rings (SSSR count). The Morgan fingerprint density at radius 1 is 0.514 bits per heavy atom. The lowest BCUT2D eigenvalue weighted by atomic mass is 10.2. The van der Waals surface area contributed by atoms with E-state index < -0.39 is 17.9 Å². The number of aromatic nitrogens is 1. The van der Waals surface area contributed by atoms with Crippen molar-refractivity contribution in [2.45, 2.75) is 0 Å². The van der Waals surface area contributed by atoms with Crippen molar-refractivity contribution in [2.24, 2.45) is 0 Å². The van der Waals surface area contributed by atoms with Gasteiger partial charge in [0.15, 0.2) is 11.5 Å². The van der Waals surface area contributed by atoms with Crippen LogP contribution in [-0.4, -0.2) is 37.1 Å². The quantitative estimate of drug-likeness (QED) is 0.250. The van der Waals surface area contributed by atoms with Crippen molar-refractivity contribution in [3.63, 3.8) is 0 Å². The third-order valence-electron chi connectivity index (χ3n) is 5.08. The van der Waals surface area contributed by atoms with E-state index in [1.807, 2.05) is 0 Å². The van der Waals surface area contributed by atoms with E-state index in [0.29, 0.717) is 22.8 Å². The van der Waals surface area contributed by atoms with E-state index in [1.165, 1.54) is 81.2 Å². The zero-order valence-electron chi connectivity index (χ0n) is 19.9. The number of ether oxygens (including phenoxy) is 5. The molecule has 3 aromatic carbocycles. The molecule has 4 aromatic rings. The molecule has 0 radical (unpaired) electrons. The van der Waals surface area contributed by atoms with Gasteiger partial charge < -0.3 is 23.7 Å². The molecule has 37 heavy (non-hydrogen) atoms. The van der Waals surface area contributed by atoms with E-state index in [1.54, 1.807) is 24.3 Å². The predicted octanol–water partition coefficient (Wildman–Crippen LogP) is 4.76. The van der Waals surface area contributed by atoms with Crippen LogP contribution in [0.15, 0.2) is 91.3 Å². The number of esters is 3. The first-order chi connectivity index (χ1) is 18.0. The van der Waals surface area contributed by atoms with E-state index in [2.05, 4.69) is 4.98 Å². The van der Waals surface area contributed by atoms with Crippen molar-refractivity contribution < 1.29 is 38.1 Å². The molecule has 0 N–H and O–H groups in total. The third-order valence-corrected chi connectivity index (χ3v) is 5.08. The second kappa shape index (κ2) is 11.5. The lowest BCUT2D eigenvalue weighted by Crippen LogP contribution is -2.11. The van der Waals surface area contributed by atoms with Gasteiger partial charge in [0.05, 0.1) is 30.9 Å². The van der Waals surface area contributed by atoms with Crippen LogP contribution in [0, 0.1) is 0 Å². The molecule has 0 saturated heterocycles. The topological polar surface area (TPSA) is 110 Å². The molecule has 0 bridgehead atoms. The molecular formula is C28H21NO8. The van der Waals surface area contributed by atoms with E-state index in [0.717, 1.165) is 0 Å². The highest BCUT2D eigenvalue weighted by molar-refractivity contribution is 5.93. The minimum atomic E-state index is -0.612. The highest BCUT2D eigenvalue weighted by atomic mass is 16.5. The molecule has 1 aromatic heterocycles. The Balaban J connectivity index is 1.34. The van der Waals surface area contributed by atoms with Gasteiger partial charge >= 0.3 is 17.9 Å². The zero-order chi connectivity index (χ0) is 26.2. The normalized spacial score (nSPS) is 10.2. The van der Waals surface area contributed by atoms with Gasteiger partial charge in [-0.15, -0.1) is 0 Å². The number of hydrogen-bond acceptors (Lipinski definition) is 9. The minimum absolute atomic E-state index is 0.247. The standard InChI is InChI=1S/C28H21NO8/c1-33-24-12-5-20(17-25(24)34-2)28(32)37-21-6-3-18(4-7-21)26(30)35-22-8-10-23(11-9-22)36-27(31)19-13-15-29-16-14-19/h3-17H,1-2H3. The van der Waals surface area contributed by atoms with Crippen LogP contribution < -0.4 is 23.7 Å². The van der Waals surface area contributed by atoms with E-state index in [9.17, 15) is 14.4 Å². The summed E-state index contributed by atoms with van der Waals surface area (Å²) < 4.78 is 26.4. The van der Waals surface area contributed by atoms with Crippen molar-refractivity contribution in [2.75, 3.05) is 14.2 Å². The van der Waals surface area contributed by atoms with Crippen molar-refractivity contribution >= 4 is 17.9 Å². The first kappa shape index (κ1) is 24.9. The number of pyridine rings is 1. The lowest BCUT2D eigenvalue weighted by Gasteiger charge is -2.10. The fourth-order valence-corrected chi connectivity index (χ4v) is 3.18. The Morgan fingerprint density at radius 2 is 0.919 bits per heavy atom. The molecule has 9 heteroatoms. The van der Waals surface area contributed by atoms with Gasteiger partial charge in [0, 0.05) is 12.4 Å². The van der Waals surface area contributed by atoms with Crippen LogP contribution in [0.4, 0.5) is 0 Å². The van der Waals surface area contributed by atoms with Gasteiger partial charge in [-0.25, -0.2) is 14.4 Å². The van der Waals surface area contributed by atoms with Crippen LogP contribution in [0.25, 0.3) is 0 Å². The van der Waals surface area contributed by atoms with Crippen molar-refractivity contribution in [3.05, 3.63) is 108 Å². The summed E-state index contributed by atoms with van der Waals surface area (Å²) in [5, 5.41) is 0. The number of rotatable bonds is 8. The van der Waals surface area contributed by atoms with Crippen LogP contribution >= 0.6 is 0 Å². The molecule has 0 atom stereocenters. The monoisotopic (exact) mass is 499 g/mol. The highest BCUT2D eigenvalue weighted by Crippen LogP contribution is 2.28. The number of benzene rings is 3. The molecule has 0 saturated carbocycles. The maximum atomic E-state index is 12.5. The molecule has 0 aliphatic carbocycles. The van der Waals surface area contributed by atoms with E-state index >= 15 is 0 Å². The largest absolute Gasteiger partial charge is 0.493 e. The van der Waals surface area contributed by atoms with Gasteiger partial charge in [0.2, 0.25) is 0 Å². The average Bonchev–Trinajstić information content (AvgIpc) is 2.94. The Bertz CT molecular complexity index is 1400. The van der Waals surface area contributed by atoms with Gasteiger partial charge in [-0.3, -0.25) is 4.98 Å². The summed E-state index contributed by atoms with van der Waals surface area (Å²) in [7, 11) is 2.97. The summed E-state index contributed by atoms with van der Waals surface area (Å²) in [5.41, 5.74) is 0.888. The van der Waals surface area contributed by atoms with Gasteiger partial charge in [-0.1, -0.05) is 0 Å². The first-order valence-electron chi connectivity index (χ1n) is 11.0. The molecule has 0 aliphatic rings. The maximum absolute atomic E-state index is 12.5. The van der Waals surface area contributed by atoms with Crippen LogP contribution in [0.5, 0.6) is 28.7 Å². The smallest absolute Gasteiger partial charge is 0.343 e. The number of carbonyl (C=O) groups is 3. The fourth-order valence-electron chi connectivity index (χ4n) is 3.18. The molecule has 0 unspecified atom stereocenters. The van der Waals surface area contributed by atoms with Gasteiger partial charge in [-0.05, 0) is 78.9 Å². The third kappa shape index (κ3) is 6.29. The van der Waals surface area contributed by atoms with Crippen LogP contribution in [0.3, 0.4) is 0 Å². The Labute approximate surface area is 212 Å². The van der Waals surface area contributed by atoms with Crippen molar-refractivity contribution in [1.29, 1.82) is 0 Å². The van der Waals surface area contributed by atoms with Gasteiger partial charge in [0.25, 0.3) is 0 Å². The summed E-state index contributed by atoms with van der Waals surface area (Å²) in [4.78, 5) is 40.9. The second-order valence-electron chi connectivity index (χ2n) is 7.47. The SMILES string of the molecule is COc1ccc(C(=O)Oc2ccc(C(=O)Oc3ccc(OC(=O)c4ccncc4)cc3)cc2)cc1OC. The molecule has 0 spiro atoms. The number of nitrogens with zero attached hydrogens (tertiary/aromatic N) is 1. The van der Waals surface area contributed by atoms with Crippen molar-refractivity contribution in [3.8, 4) is 28.7 Å². The van der Waals surface area contributed by atoms with Gasteiger partial charge in [-0.2, -0.15) is 0 Å². The maximum Gasteiger partial charge on any atom is 0.343 e. The molecule has 0 fully saturated rings. The summed E-state index contributed by atoms with van der Waals surface area (Å²) in [6.45, 7) is 0. The zero-order valence-corrected chi connectivity index (χ0v) is 19.9. The minimum Gasteiger partial charge on any atom is -0.493 e. The summed E-state index contributed by atoms with van der Waals surface area (Å²) in [6, 6.07) is 19.7. The number of methoxy groups -OCH3 is 2. The van der Waals surface area contributed by atoms with Crippen LogP contribution in [0.2, 0.25) is 0 Å². The molecule has 9 nitrogen and oxygen atoms in total. The first-order valence-corrected chi connectivity index (χ1v) is 11.0. The summed E-state index contributed by atoms with van der Waals surface area (Å²) >= 11 is 0. The Hall–Kier alpha value is -5.18. The Kier molecular flexibility index (Phi) is 7.75. The molecule has 0 aliphatic heterocycles. The van der Waals surface area contributed by atoms with E-state index in [4.69, 9.17) is 23.7 Å². The van der Waals surface area contributed by atoms with Crippen LogP contribution in [0.1, 0.15) is 31.1 Å². The summed E-state index contributed by atoms with van der Waals surface area (Å²) in [5.74, 6) is -0.0477. The number of hydrogen-bond donors (Lipinski definition) is 0. The summed E-state index contributed by atoms with van der Waals surface area (Å²) in [6.07, 6.45) is 2.99. The lowest BCUT2D eigenvalue weighted by molar-refractivity contribution is 0.0718. The molecule has 186 valence electrons. The second-order valence-corrected chi connectivity index (χ2v) is 7.47. The predicted molar refractivity (Wildman–Crippen MR) is 132 cm³/mol. The van der Waals surface area contributed by atoms with Crippen molar-refractivity contribution in [1.82, 2.24) is 4.98 Å². The Morgan fingerprint density at radius 3 is 1.41 bits per heavy atom. The molecule has 1 heterocycles. The molecular weight excluding hydrogens is 478 g/mol. The molecule has 0 amide bonds.